The van der Waals surface area contributed by atoms with Crippen LogP contribution in [0.2, 0.25) is 0 Å². The molecule has 19 heavy (non-hydrogen) atoms. The zero-order valence-corrected chi connectivity index (χ0v) is 12.1. The van der Waals surface area contributed by atoms with Crippen LogP contribution in [0.3, 0.4) is 0 Å². The summed E-state index contributed by atoms with van der Waals surface area (Å²) in [5, 5.41) is 3.45. The van der Waals surface area contributed by atoms with Gasteiger partial charge < -0.3 is 10.1 Å². The van der Waals surface area contributed by atoms with Gasteiger partial charge in [0, 0.05) is 30.6 Å². The summed E-state index contributed by atoms with van der Waals surface area (Å²) < 4.78 is 5.89. The first-order chi connectivity index (χ1) is 9.12. The van der Waals surface area contributed by atoms with Crippen molar-refractivity contribution in [3.63, 3.8) is 0 Å². The second-order valence-corrected chi connectivity index (χ2v) is 6.52. The summed E-state index contributed by atoms with van der Waals surface area (Å²) in [6, 6.07) is 6.48. The summed E-state index contributed by atoms with van der Waals surface area (Å²) in [4.78, 5) is 5.34. The van der Waals surface area contributed by atoms with E-state index in [1.54, 1.807) is 11.3 Å². The van der Waals surface area contributed by atoms with Gasteiger partial charge in [0.15, 0.2) is 0 Å². The van der Waals surface area contributed by atoms with Gasteiger partial charge in [0.1, 0.15) is 11.4 Å². The fraction of sp³-hybridized carbons (Fsp3) is 0.400. The summed E-state index contributed by atoms with van der Waals surface area (Å²) in [6.45, 7) is 6.03. The minimum atomic E-state index is -0.0585. The molecule has 0 radical (unpaired) electrons. The number of aromatic nitrogens is 1. The number of hydrogen-bond donors (Lipinski definition) is 1. The molecule has 0 bridgehead atoms. The Kier molecular flexibility index (Phi) is 3.29. The number of nitrogens with zero attached hydrogens (tertiary/aromatic N) is 1. The summed E-state index contributed by atoms with van der Waals surface area (Å²) >= 11 is 1.68. The van der Waals surface area contributed by atoms with E-state index < -0.39 is 0 Å². The molecule has 0 spiro atoms. The highest BCUT2D eigenvalue weighted by atomic mass is 32.1. The zero-order valence-electron chi connectivity index (χ0n) is 11.3. The number of rotatable bonds is 4. The maximum Gasteiger partial charge on any atom is 0.123 e. The molecular formula is C15H18N2OS. The minimum Gasteiger partial charge on any atom is -0.487 e. The van der Waals surface area contributed by atoms with Crippen molar-refractivity contribution in [2.75, 3.05) is 0 Å². The molecule has 1 aliphatic heterocycles. The smallest absolute Gasteiger partial charge is 0.123 e. The van der Waals surface area contributed by atoms with E-state index in [0.29, 0.717) is 0 Å². The Balaban J connectivity index is 1.61. The highest BCUT2D eigenvalue weighted by Crippen LogP contribution is 2.35. The predicted molar refractivity (Wildman–Crippen MR) is 77.5 cm³/mol. The van der Waals surface area contributed by atoms with Crippen LogP contribution in [0.4, 0.5) is 0 Å². The number of nitrogens with one attached hydrogen (secondary N) is 1. The van der Waals surface area contributed by atoms with Crippen molar-refractivity contribution in [2.45, 2.75) is 39.0 Å². The van der Waals surface area contributed by atoms with Crippen molar-refractivity contribution in [2.24, 2.45) is 0 Å². The van der Waals surface area contributed by atoms with E-state index in [4.69, 9.17) is 4.74 Å². The number of ether oxygens (including phenoxy) is 1. The third-order valence-electron chi connectivity index (χ3n) is 3.24. The molecule has 2 heterocycles. The van der Waals surface area contributed by atoms with Gasteiger partial charge in [-0.3, -0.25) is 4.98 Å². The van der Waals surface area contributed by atoms with Gasteiger partial charge in [-0.15, -0.1) is 11.3 Å². The fourth-order valence-electron chi connectivity index (χ4n) is 2.43. The van der Waals surface area contributed by atoms with Crippen molar-refractivity contribution < 1.29 is 4.74 Å². The van der Waals surface area contributed by atoms with E-state index in [9.17, 15) is 0 Å². The molecule has 0 aliphatic carbocycles. The molecule has 3 nitrogen and oxygen atoms in total. The lowest BCUT2D eigenvalue weighted by Gasteiger charge is -2.16. The first kappa shape index (κ1) is 12.6. The Labute approximate surface area is 117 Å². The number of benzene rings is 1. The van der Waals surface area contributed by atoms with Crippen molar-refractivity contribution in [1.29, 1.82) is 0 Å². The zero-order chi connectivity index (χ0) is 13.3. The molecule has 0 amide bonds. The monoisotopic (exact) mass is 274 g/mol. The van der Waals surface area contributed by atoms with Gasteiger partial charge >= 0.3 is 0 Å². The van der Waals surface area contributed by atoms with Gasteiger partial charge in [-0.1, -0.05) is 12.1 Å². The lowest BCUT2D eigenvalue weighted by molar-refractivity contribution is 0.138. The second-order valence-electron chi connectivity index (χ2n) is 5.55. The van der Waals surface area contributed by atoms with Crippen molar-refractivity contribution in [3.05, 3.63) is 45.9 Å². The van der Waals surface area contributed by atoms with Gasteiger partial charge in [-0.05, 0) is 31.0 Å². The normalized spacial score (nSPS) is 16.1. The fourth-order valence-corrected chi connectivity index (χ4v) is 3.00. The summed E-state index contributed by atoms with van der Waals surface area (Å²) in [6.07, 6.45) is 2.90. The van der Waals surface area contributed by atoms with Crippen LogP contribution in [-0.2, 0) is 19.5 Å². The van der Waals surface area contributed by atoms with Gasteiger partial charge in [0.25, 0.3) is 0 Å². The lowest BCUT2D eigenvalue weighted by atomic mass is 10.0. The van der Waals surface area contributed by atoms with Crippen LogP contribution < -0.4 is 10.1 Å². The van der Waals surface area contributed by atoms with Crippen molar-refractivity contribution >= 4 is 11.3 Å². The molecule has 4 heteroatoms. The van der Waals surface area contributed by atoms with Crippen molar-refractivity contribution in [3.8, 4) is 5.75 Å². The average Bonchev–Trinajstić information content (AvgIpc) is 2.94. The standard InChI is InChI=1S/C15H18N2OS/c1-15(2)6-12-5-11(3-4-14(12)18-15)7-16-8-13-9-17-10-19-13/h3-5,9-10,16H,6-8H2,1-2H3. The Morgan fingerprint density at radius 1 is 1.37 bits per heavy atom. The first-order valence-corrected chi connectivity index (χ1v) is 7.39. The number of fused-ring (bicyclic) bond motifs is 1. The highest BCUT2D eigenvalue weighted by molar-refractivity contribution is 7.09. The van der Waals surface area contributed by atoms with Crippen LogP contribution in [0.15, 0.2) is 29.9 Å². The lowest BCUT2D eigenvalue weighted by Crippen LogP contribution is -2.24. The molecule has 1 aromatic carbocycles. The Hall–Kier alpha value is -1.39. The molecule has 1 aliphatic rings. The third-order valence-corrected chi connectivity index (χ3v) is 4.02. The Bertz CT molecular complexity index is 564. The van der Waals surface area contributed by atoms with Gasteiger partial charge in [-0.25, -0.2) is 0 Å². The van der Waals surface area contributed by atoms with Crippen LogP contribution in [0.25, 0.3) is 0 Å². The molecule has 0 saturated heterocycles. The minimum absolute atomic E-state index is 0.0585. The SMILES string of the molecule is CC1(C)Cc2cc(CNCc3cncs3)ccc2O1. The van der Waals surface area contributed by atoms with Gasteiger partial charge in [0.05, 0.1) is 5.51 Å². The van der Waals surface area contributed by atoms with Crippen LogP contribution in [0, 0.1) is 0 Å². The Morgan fingerprint density at radius 2 is 2.26 bits per heavy atom. The van der Waals surface area contributed by atoms with Crippen LogP contribution in [0.1, 0.15) is 29.9 Å². The molecule has 1 aromatic heterocycles. The third kappa shape index (κ3) is 2.96. The topological polar surface area (TPSA) is 34.2 Å². The molecule has 2 aromatic rings. The highest BCUT2D eigenvalue weighted by Gasteiger charge is 2.29. The molecule has 100 valence electrons. The summed E-state index contributed by atoms with van der Waals surface area (Å²) in [7, 11) is 0. The molecule has 0 saturated carbocycles. The quantitative estimate of drug-likeness (QED) is 0.930. The first-order valence-electron chi connectivity index (χ1n) is 6.51. The Morgan fingerprint density at radius 3 is 3.05 bits per heavy atom. The van der Waals surface area contributed by atoms with Crippen LogP contribution in [0.5, 0.6) is 5.75 Å². The largest absolute Gasteiger partial charge is 0.487 e. The van der Waals surface area contributed by atoms with Gasteiger partial charge in [-0.2, -0.15) is 0 Å². The van der Waals surface area contributed by atoms with Crippen LogP contribution in [-0.4, -0.2) is 10.6 Å². The maximum atomic E-state index is 5.89. The predicted octanol–water partition coefficient (Wildman–Crippen LogP) is 3.15. The van der Waals surface area contributed by atoms with Crippen molar-refractivity contribution in [1.82, 2.24) is 10.3 Å². The summed E-state index contributed by atoms with van der Waals surface area (Å²) in [5.74, 6) is 1.04. The number of hydrogen-bond acceptors (Lipinski definition) is 4. The van der Waals surface area contributed by atoms with E-state index >= 15 is 0 Å². The van der Waals surface area contributed by atoms with Crippen LogP contribution >= 0.6 is 11.3 Å². The van der Waals surface area contributed by atoms with E-state index in [1.165, 1.54) is 16.0 Å². The molecule has 0 unspecified atom stereocenters. The molecule has 0 atom stereocenters. The number of thiazole rings is 1. The molecule has 1 N–H and O–H groups in total. The van der Waals surface area contributed by atoms with E-state index in [2.05, 4.69) is 42.3 Å². The molecule has 3 rings (SSSR count). The maximum absolute atomic E-state index is 5.89. The molecule has 0 fully saturated rings. The van der Waals surface area contributed by atoms with E-state index in [-0.39, 0.29) is 5.60 Å². The van der Waals surface area contributed by atoms with E-state index in [1.807, 2.05) is 11.7 Å². The second kappa shape index (κ2) is 4.94. The average molecular weight is 274 g/mol. The van der Waals surface area contributed by atoms with E-state index in [0.717, 1.165) is 25.3 Å². The molecular weight excluding hydrogens is 256 g/mol. The summed E-state index contributed by atoms with van der Waals surface area (Å²) in [5.41, 5.74) is 4.44. The van der Waals surface area contributed by atoms with Gasteiger partial charge in [0.2, 0.25) is 0 Å².